The van der Waals surface area contributed by atoms with Crippen LogP contribution in [0.15, 0.2) is 79.1 Å². The van der Waals surface area contributed by atoms with Crippen LogP contribution in [-0.2, 0) is 6.61 Å². The second-order valence-electron chi connectivity index (χ2n) is 7.99. The minimum absolute atomic E-state index is 0.203. The molecule has 32 heavy (non-hydrogen) atoms. The van der Waals surface area contributed by atoms with E-state index in [0.29, 0.717) is 29.4 Å². The van der Waals surface area contributed by atoms with Crippen LogP contribution in [0.5, 0.6) is 11.5 Å². The third kappa shape index (κ3) is 4.59. The van der Waals surface area contributed by atoms with Gasteiger partial charge in [-0.1, -0.05) is 24.3 Å². The van der Waals surface area contributed by atoms with Gasteiger partial charge in [-0.05, 0) is 68.1 Å². The highest BCUT2D eigenvalue weighted by molar-refractivity contribution is 6.05. The number of fused-ring (bicyclic) bond motifs is 1. The number of nitrogens with one attached hydrogen (secondary N) is 1. The number of carbonyl (C=O) groups excluding carboxylic acids is 1. The number of hydrogen-bond acceptors (Lipinski definition) is 4. The van der Waals surface area contributed by atoms with Gasteiger partial charge in [-0.3, -0.25) is 4.79 Å². The van der Waals surface area contributed by atoms with Gasteiger partial charge in [0, 0.05) is 18.0 Å². The van der Waals surface area contributed by atoms with Crippen molar-refractivity contribution in [1.82, 2.24) is 9.38 Å². The number of hydrogen-bond donors (Lipinski definition) is 1. The maximum absolute atomic E-state index is 12.9. The highest BCUT2D eigenvalue weighted by Crippen LogP contribution is 2.30. The summed E-state index contributed by atoms with van der Waals surface area (Å²) in [5.41, 5.74) is 2.90. The normalized spacial score (nSPS) is 13.9. The number of carbonyl (C=O) groups is 1. The quantitative estimate of drug-likeness (QED) is 0.424. The lowest BCUT2D eigenvalue weighted by atomic mass is 10.2. The Morgan fingerprint density at radius 3 is 2.75 bits per heavy atom. The third-order valence-electron chi connectivity index (χ3n) is 5.63. The first kappa shape index (κ1) is 20.1. The average Bonchev–Trinajstić information content (AvgIpc) is 3.48. The van der Waals surface area contributed by atoms with Gasteiger partial charge < -0.3 is 19.2 Å². The summed E-state index contributed by atoms with van der Waals surface area (Å²) in [7, 11) is 0. The van der Waals surface area contributed by atoms with Crippen molar-refractivity contribution in [1.29, 1.82) is 0 Å². The maximum atomic E-state index is 12.9. The molecule has 162 valence electrons. The molecule has 0 aliphatic heterocycles. The lowest BCUT2D eigenvalue weighted by Gasteiger charge is -2.17. The molecule has 0 bridgehead atoms. The highest BCUT2D eigenvalue weighted by atomic mass is 16.5. The van der Waals surface area contributed by atoms with Gasteiger partial charge in [-0.15, -0.1) is 0 Å². The summed E-state index contributed by atoms with van der Waals surface area (Å²) in [6.45, 7) is 0.324. The second-order valence-corrected chi connectivity index (χ2v) is 7.99. The Balaban J connectivity index is 1.25. The van der Waals surface area contributed by atoms with Gasteiger partial charge in [0.05, 0.1) is 17.5 Å². The minimum Gasteiger partial charge on any atom is -0.488 e. The van der Waals surface area contributed by atoms with Gasteiger partial charge in [0.25, 0.3) is 5.91 Å². The third-order valence-corrected chi connectivity index (χ3v) is 5.63. The molecule has 5 rings (SSSR count). The number of rotatable bonds is 7. The second kappa shape index (κ2) is 9.14. The van der Waals surface area contributed by atoms with Gasteiger partial charge in [0.2, 0.25) is 0 Å². The van der Waals surface area contributed by atoms with Crippen LogP contribution in [0.2, 0.25) is 0 Å². The molecule has 1 aliphatic carbocycles. The molecule has 1 aliphatic rings. The average molecular weight is 428 g/mol. The molecular formula is C26H25N3O3. The van der Waals surface area contributed by atoms with Crippen molar-refractivity contribution in [3.63, 3.8) is 0 Å². The fraction of sp³-hybridized carbons (Fsp3) is 0.231. The number of para-hydroxylation sites is 2. The zero-order valence-electron chi connectivity index (χ0n) is 17.7. The summed E-state index contributed by atoms with van der Waals surface area (Å²) in [5.74, 6) is 1.13. The fourth-order valence-electron chi connectivity index (χ4n) is 3.99. The molecule has 1 N–H and O–H groups in total. The Morgan fingerprint density at radius 1 is 1.03 bits per heavy atom. The predicted molar refractivity (Wildman–Crippen MR) is 123 cm³/mol. The molecule has 6 nitrogen and oxygen atoms in total. The van der Waals surface area contributed by atoms with E-state index in [1.807, 2.05) is 71.4 Å². The van der Waals surface area contributed by atoms with Crippen LogP contribution < -0.4 is 14.8 Å². The van der Waals surface area contributed by atoms with E-state index < -0.39 is 0 Å². The molecular weight excluding hydrogens is 402 g/mol. The van der Waals surface area contributed by atoms with E-state index in [9.17, 15) is 4.79 Å². The van der Waals surface area contributed by atoms with Crippen LogP contribution in [0.3, 0.4) is 0 Å². The van der Waals surface area contributed by atoms with Crippen molar-refractivity contribution < 1.29 is 14.3 Å². The monoisotopic (exact) mass is 427 g/mol. The Bertz CT molecular complexity index is 1190. The lowest BCUT2D eigenvalue weighted by Crippen LogP contribution is -2.16. The molecule has 0 spiro atoms. The Kier molecular flexibility index (Phi) is 5.75. The van der Waals surface area contributed by atoms with Gasteiger partial charge in [-0.2, -0.15) is 0 Å². The number of amides is 1. The van der Waals surface area contributed by atoms with E-state index >= 15 is 0 Å². The van der Waals surface area contributed by atoms with E-state index in [0.717, 1.165) is 24.2 Å². The Hall–Kier alpha value is -3.80. The van der Waals surface area contributed by atoms with Crippen LogP contribution in [0.25, 0.3) is 5.65 Å². The molecule has 1 amide bonds. The van der Waals surface area contributed by atoms with Gasteiger partial charge >= 0.3 is 0 Å². The number of pyridine rings is 1. The lowest BCUT2D eigenvalue weighted by molar-refractivity contribution is 0.102. The standard InChI is InChI=1S/C26H25N3O3/c30-26(28-23-12-3-4-13-24(23)32-21-9-1-2-10-21)19-8-7-11-22(16-19)31-18-20-17-29-15-6-5-14-25(29)27-20/h3-8,11-17,21H,1-2,9-10,18H2,(H,28,30). The van der Waals surface area contributed by atoms with Crippen LogP contribution >= 0.6 is 0 Å². The molecule has 0 atom stereocenters. The molecule has 1 saturated carbocycles. The Morgan fingerprint density at radius 2 is 1.88 bits per heavy atom. The maximum Gasteiger partial charge on any atom is 0.255 e. The molecule has 6 heteroatoms. The van der Waals surface area contributed by atoms with Crippen molar-refractivity contribution in [3.05, 3.63) is 90.4 Å². The van der Waals surface area contributed by atoms with Gasteiger partial charge in [0.1, 0.15) is 23.8 Å². The van der Waals surface area contributed by atoms with E-state index in [1.165, 1.54) is 12.8 Å². The Labute approximate surface area is 186 Å². The number of aromatic nitrogens is 2. The SMILES string of the molecule is O=C(Nc1ccccc1OC1CCCC1)c1cccc(OCc2cn3ccccc3n2)c1. The molecule has 2 heterocycles. The summed E-state index contributed by atoms with van der Waals surface area (Å²) in [6.07, 6.45) is 8.63. The minimum atomic E-state index is -0.203. The van der Waals surface area contributed by atoms with Crippen LogP contribution in [0, 0.1) is 0 Å². The molecule has 0 saturated heterocycles. The summed E-state index contributed by atoms with van der Waals surface area (Å²) in [6, 6.07) is 20.6. The van der Waals surface area contributed by atoms with E-state index in [2.05, 4.69) is 10.3 Å². The molecule has 2 aromatic carbocycles. The molecule has 4 aromatic rings. The zero-order valence-corrected chi connectivity index (χ0v) is 17.7. The van der Waals surface area contributed by atoms with E-state index in [-0.39, 0.29) is 12.0 Å². The van der Waals surface area contributed by atoms with Crippen molar-refractivity contribution in [2.24, 2.45) is 0 Å². The van der Waals surface area contributed by atoms with Crippen LogP contribution in [0.1, 0.15) is 41.7 Å². The van der Waals surface area contributed by atoms with Crippen molar-refractivity contribution in [3.8, 4) is 11.5 Å². The van der Waals surface area contributed by atoms with Crippen molar-refractivity contribution in [2.45, 2.75) is 38.4 Å². The zero-order chi connectivity index (χ0) is 21.8. The summed E-state index contributed by atoms with van der Waals surface area (Å²) in [5, 5.41) is 2.98. The predicted octanol–water partition coefficient (Wildman–Crippen LogP) is 5.49. The number of imidazole rings is 1. The highest BCUT2D eigenvalue weighted by Gasteiger charge is 2.18. The summed E-state index contributed by atoms with van der Waals surface area (Å²) >= 11 is 0. The topological polar surface area (TPSA) is 64.9 Å². The van der Waals surface area contributed by atoms with Crippen molar-refractivity contribution >= 4 is 17.2 Å². The first-order valence-electron chi connectivity index (χ1n) is 11.0. The first-order chi connectivity index (χ1) is 15.7. The van der Waals surface area contributed by atoms with Gasteiger partial charge in [-0.25, -0.2) is 4.98 Å². The summed E-state index contributed by atoms with van der Waals surface area (Å²) < 4.78 is 14.0. The number of anilines is 1. The van der Waals surface area contributed by atoms with Crippen LogP contribution in [-0.4, -0.2) is 21.4 Å². The molecule has 0 unspecified atom stereocenters. The number of nitrogens with zero attached hydrogens (tertiary/aromatic N) is 2. The first-order valence-corrected chi connectivity index (χ1v) is 11.0. The molecule has 0 radical (unpaired) electrons. The van der Waals surface area contributed by atoms with Crippen molar-refractivity contribution in [2.75, 3.05) is 5.32 Å². The number of ether oxygens (including phenoxy) is 2. The van der Waals surface area contributed by atoms with Crippen LogP contribution in [0.4, 0.5) is 5.69 Å². The molecule has 1 fully saturated rings. The van der Waals surface area contributed by atoms with E-state index in [4.69, 9.17) is 9.47 Å². The number of benzene rings is 2. The largest absolute Gasteiger partial charge is 0.488 e. The smallest absolute Gasteiger partial charge is 0.255 e. The van der Waals surface area contributed by atoms with Gasteiger partial charge in [0.15, 0.2) is 0 Å². The summed E-state index contributed by atoms with van der Waals surface area (Å²) in [4.78, 5) is 17.4. The molecule has 2 aromatic heterocycles. The fourth-order valence-corrected chi connectivity index (χ4v) is 3.99. The van der Waals surface area contributed by atoms with E-state index in [1.54, 1.807) is 12.1 Å².